The normalized spacial score (nSPS) is 14.2. The van der Waals surface area contributed by atoms with Gasteiger partial charge in [-0.05, 0) is 52.5 Å². The van der Waals surface area contributed by atoms with Gasteiger partial charge in [0.25, 0.3) is 0 Å². The Morgan fingerprint density at radius 3 is 2.05 bits per heavy atom. The van der Waals surface area contributed by atoms with Crippen molar-refractivity contribution in [1.29, 1.82) is 0 Å². The van der Waals surface area contributed by atoms with E-state index in [9.17, 15) is 14.7 Å². The molecule has 0 rings (SSSR count). The molecule has 0 saturated heterocycles. The molecule has 0 aliphatic rings. The molecule has 0 radical (unpaired) electrons. The van der Waals surface area contributed by atoms with Gasteiger partial charge in [0.05, 0.1) is 5.41 Å². The van der Waals surface area contributed by atoms with Crippen molar-refractivity contribution in [3.05, 3.63) is 0 Å². The quantitative estimate of drug-likeness (QED) is 0.636. The molecule has 0 saturated carbocycles. The van der Waals surface area contributed by atoms with Crippen LogP contribution in [0.5, 0.6) is 0 Å². The smallest absolute Gasteiger partial charge is 0.311 e. The summed E-state index contributed by atoms with van der Waals surface area (Å²) in [7, 11) is 0. The second-order valence-corrected chi connectivity index (χ2v) is 7.04. The van der Waals surface area contributed by atoms with E-state index in [1.807, 2.05) is 0 Å². The number of hydrogen-bond acceptors (Lipinski definition) is 3. The van der Waals surface area contributed by atoms with Crippen LogP contribution in [-0.2, 0) is 9.59 Å². The summed E-state index contributed by atoms with van der Waals surface area (Å²) in [5.41, 5.74) is 3.82. The number of carbonyl (C=O) groups is 2. The Labute approximate surface area is 122 Å². The number of aliphatic carboxylic acids is 1. The first-order chi connectivity index (χ1) is 8.94. The molecule has 0 aromatic carbocycles. The first kappa shape index (κ1) is 18.9. The fraction of sp³-hybridized carbons (Fsp3) is 0.867. The Kier molecular flexibility index (Phi) is 6.68. The molecule has 0 unspecified atom stereocenters. The van der Waals surface area contributed by atoms with E-state index in [1.165, 1.54) is 0 Å². The van der Waals surface area contributed by atoms with E-state index >= 15 is 0 Å². The first-order valence-corrected chi connectivity index (χ1v) is 7.18. The van der Waals surface area contributed by atoms with Gasteiger partial charge in [-0.3, -0.25) is 9.59 Å². The molecule has 0 aromatic rings. The Hall–Kier alpha value is -1.10. The van der Waals surface area contributed by atoms with E-state index < -0.39 is 16.9 Å². The van der Waals surface area contributed by atoms with E-state index in [-0.39, 0.29) is 11.8 Å². The summed E-state index contributed by atoms with van der Waals surface area (Å²) >= 11 is 0. The number of carboxylic acids is 1. The van der Waals surface area contributed by atoms with E-state index in [2.05, 4.69) is 19.2 Å². The van der Waals surface area contributed by atoms with Crippen LogP contribution in [0.3, 0.4) is 0 Å². The van der Waals surface area contributed by atoms with Crippen molar-refractivity contribution in [2.24, 2.45) is 23.0 Å². The van der Waals surface area contributed by atoms with Crippen molar-refractivity contribution in [3.8, 4) is 0 Å². The third-order valence-corrected chi connectivity index (χ3v) is 4.16. The Morgan fingerprint density at radius 1 is 1.20 bits per heavy atom. The van der Waals surface area contributed by atoms with Gasteiger partial charge in [-0.1, -0.05) is 13.8 Å². The van der Waals surface area contributed by atoms with Gasteiger partial charge in [0.15, 0.2) is 0 Å². The molecule has 0 aliphatic carbocycles. The fourth-order valence-electron chi connectivity index (χ4n) is 2.01. The second-order valence-electron chi connectivity index (χ2n) is 7.04. The SMILES string of the molecule is CC(C)C[C@H](CN)CC(=O)NC(C)(C)C(C)(C)C(=O)O. The highest BCUT2D eigenvalue weighted by molar-refractivity contribution is 5.80. The minimum atomic E-state index is -1.04. The van der Waals surface area contributed by atoms with Crippen molar-refractivity contribution >= 4 is 11.9 Å². The molecule has 5 nitrogen and oxygen atoms in total. The van der Waals surface area contributed by atoms with Gasteiger partial charge >= 0.3 is 5.97 Å². The van der Waals surface area contributed by atoms with Gasteiger partial charge < -0.3 is 16.2 Å². The van der Waals surface area contributed by atoms with Gasteiger partial charge in [-0.2, -0.15) is 0 Å². The van der Waals surface area contributed by atoms with Crippen molar-refractivity contribution < 1.29 is 14.7 Å². The molecule has 20 heavy (non-hydrogen) atoms. The van der Waals surface area contributed by atoms with Crippen molar-refractivity contribution in [2.75, 3.05) is 6.54 Å². The summed E-state index contributed by atoms with van der Waals surface area (Å²) in [4.78, 5) is 23.4. The maximum Gasteiger partial charge on any atom is 0.311 e. The summed E-state index contributed by atoms with van der Waals surface area (Å²) in [6, 6.07) is 0. The Bertz CT molecular complexity index is 349. The van der Waals surface area contributed by atoms with E-state index in [0.29, 0.717) is 18.9 Å². The maximum absolute atomic E-state index is 12.1. The molecule has 0 bridgehead atoms. The van der Waals surface area contributed by atoms with E-state index in [1.54, 1.807) is 27.7 Å². The maximum atomic E-state index is 12.1. The van der Waals surface area contributed by atoms with Crippen LogP contribution in [0.2, 0.25) is 0 Å². The summed E-state index contributed by atoms with van der Waals surface area (Å²) in [5.74, 6) is -0.445. The van der Waals surface area contributed by atoms with Crippen molar-refractivity contribution in [2.45, 2.75) is 59.9 Å². The van der Waals surface area contributed by atoms with Crippen LogP contribution in [0.15, 0.2) is 0 Å². The molecule has 1 atom stereocenters. The highest BCUT2D eigenvalue weighted by atomic mass is 16.4. The molecule has 0 aliphatic heterocycles. The lowest BCUT2D eigenvalue weighted by Crippen LogP contribution is -2.57. The van der Waals surface area contributed by atoms with Crippen LogP contribution in [0, 0.1) is 17.3 Å². The van der Waals surface area contributed by atoms with E-state index in [0.717, 1.165) is 6.42 Å². The molecule has 5 heteroatoms. The van der Waals surface area contributed by atoms with Gasteiger partial charge in [0.1, 0.15) is 0 Å². The first-order valence-electron chi connectivity index (χ1n) is 7.18. The monoisotopic (exact) mass is 286 g/mol. The topological polar surface area (TPSA) is 92.4 Å². The average molecular weight is 286 g/mol. The number of hydrogen-bond donors (Lipinski definition) is 3. The molecular weight excluding hydrogens is 256 g/mol. The lowest BCUT2D eigenvalue weighted by molar-refractivity contribution is -0.151. The second kappa shape index (κ2) is 7.07. The number of nitrogens with one attached hydrogen (secondary N) is 1. The van der Waals surface area contributed by atoms with Crippen LogP contribution in [0.1, 0.15) is 54.4 Å². The van der Waals surface area contributed by atoms with Crippen LogP contribution in [0.25, 0.3) is 0 Å². The number of carboxylic acid groups (broad SMARTS) is 1. The van der Waals surface area contributed by atoms with Crippen LogP contribution >= 0.6 is 0 Å². The minimum Gasteiger partial charge on any atom is -0.481 e. The van der Waals surface area contributed by atoms with Crippen LogP contribution in [-0.4, -0.2) is 29.1 Å². The molecule has 118 valence electrons. The number of amides is 1. The molecule has 0 fully saturated rings. The van der Waals surface area contributed by atoms with Gasteiger partial charge in [-0.15, -0.1) is 0 Å². The predicted octanol–water partition coefficient (Wildman–Crippen LogP) is 2.00. The van der Waals surface area contributed by atoms with Gasteiger partial charge in [0.2, 0.25) is 5.91 Å². The summed E-state index contributed by atoms with van der Waals surface area (Å²) in [5, 5.41) is 12.1. The summed E-state index contributed by atoms with van der Waals surface area (Å²) < 4.78 is 0. The highest BCUT2D eigenvalue weighted by Gasteiger charge is 2.44. The zero-order chi connectivity index (χ0) is 16.1. The van der Waals surface area contributed by atoms with Gasteiger partial charge in [0, 0.05) is 12.0 Å². The lowest BCUT2D eigenvalue weighted by atomic mass is 9.74. The van der Waals surface area contributed by atoms with Crippen molar-refractivity contribution in [3.63, 3.8) is 0 Å². The van der Waals surface area contributed by atoms with Crippen LogP contribution in [0.4, 0.5) is 0 Å². The zero-order valence-electron chi connectivity index (χ0n) is 13.6. The van der Waals surface area contributed by atoms with E-state index in [4.69, 9.17) is 5.73 Å². The third-order valence-electron chi connectivity index (χ3n) is 4.16. The standard InChI is InChI=1S/C15H30N2O3/c1-10(2)7-11(9-16)8-12(18)17-15(5,6)14(3,4)13(19)20/h10-11H,7-9,16H2,1-6H3,(H,17,18)(H,19,20)/t11-/m0/s1. The summed E-state index contributed by atoms with van der Waals surface area (Å²) in [6.07, 6.45) is 1.24. The molecule has 0 heterocycles. The molecule has 0 aromatic heterocycles. The third kappa shape index (κ3) is 5.12. The molecule has 0 spiro atoms. The average Bonchev–Trinajstić information content (AvgIpc) is 2.25. The molecule has 4 N–H and O–H groups in total. The predicted molar refractivity (Wildman–Crippen MR) is 80.3 cm³/mol. The number of rotatable bonds is 8. The Morgan fingerprint density at radius 2 is 1.70 bits per heavy atom. The van der Waals surface area contributed by atoms with Crippen molar-refractivity contribution in [1.82, 2.24) is 5.32 Å². The largest absolute Gasteiger partial charge is 0.481 e. The zero-order valence-corrected chi connectivity index (χ0v) is 13.6. The van der Waals surface area contributed by atoms with Gasteiger partial charge in [-0.25, -0.2) is 0 Å². The molecule has 1 amide bonds. The fourth-order valence-corrected chi connectivity index (χ4v) is 2.01. The summed E-state index contributed by atoms with van der Waals surface area (Å²) in [6.45, 7) is 11.4. The number of nitrogens with two attached hydrogens (primary N) is 1. The van der Waals surface area contributed by atoms with Crippen LogP contribution < -0.4 is 11.1 Å². The Balaban J connectivity index is 4.70. The number of carbonyl (C=O) groups excluding carboxylic acids is 1. The highest BCUT2D eigenvalue weighted by Crippen LogP contribution is 2.31. The lowest BCUT2D eigenvalue weighted by Gasteiger charge is -2.39. The minimum absolute atomic E-state index is 0.138. The molecular formula is C15H30N2O3.